The van der Waals surface area contributed by atoms with Gasteiger partial charge in [-0.25, -0.2) is 0 Å². The molecule has 0 amide bonds. The molecule has 62 valence electrons. The van der Waals surface area contributed by atoms with Gasteiger partial charge in [0, 0.05) is 13.0 Å². The summed E-state index contributed by atoms with van der Waals surface area (Å²) in [6, 6.07) is 0. The minimum absolute atomic E-state index is 0.503. The summed E-state index contributed by atoms with van der Waals surface area (Å²) in [6.45, 7) is 5.07. The molecule has 1 heterocycles. The maximum atomic E-state index is 5.79. The lowest BCUT2D eigenvalue weighted by atomic mass is 10.4. The Hall–Kier alpha value is -0.570. The molecule has 4 heteroatoms. The first kappa shape index (κ1) is 8.53. The number of nitrogens with zero attached hydrogens (tertiary/aromatic N) is 3. The quantitative estimate of drug-likeness (QED) is 0.699. The van der Waals surface area contributed by atoms with Gasteiger partial charge in [-0.15, -0.1) is 10.2 Å². The van der Waals surface area contributed by atoms with Crippen molar-refractivity contribution in [2.75, 3.05) is 0 Å². The molecule has 1 rings (SSSR count). The Morgan fingerprint density at radius 1 is 1.36 bits per heavy atom. The molecule has 0 bridgehead atoms. The van der Waals surface area contributed by atoms with Crippen LogP contribution < -0.4 is 0 Å². The van der Waals surface area contributed by atoms with Crippen molar-refractivity contribution >= 4 is 11.6 Å². The number of hydrogen-bond donors (Lipinski definition) is 0. The summed E-state index contributed by atoms with van der Waals surface area (Å²) in [6.07, 6.45) is 1.95. The van der Waals surface area contributed by atoms with Crippen LogP contribution in [-0.2, 0) is 13.0 Å². The number of halogens is 1. The molecular formula is C7H12ClN3. The summed E-state index contributed by atoms with van der Waals surface area (Å²) in [4.78, 5) is 0. The molecule has 3 nitrogen and oxygen atoms in total. The van der Waals surface area contributed by atoms with Crippen LogP contribution in [0.3, 0.4) is 0 Å². The van der Waals surface area contributed by atoms with Crippen LogP contribution in [0, 0.1) is 0 Å². The van der Waals surface area contributed by atoms with Crippen molar-refractivity contribution < 1.29 is 0 Å². The lowest BCUT2D eigenvalue weighted by molar-refractivity contribution is 0.643. The van der Waals surface area contributed by atoms with E-state index in [1.807, 2.05) is 11.5 Å². The van der Waals surface area contributed by atoms with Crippen molar-refractivity contribution in [2.24, 2.45) is 0 Å². The van der Waals surface area contributed by atoms with Crippen molar-refractivity contribution in [1.29, 1.82) is 0 Å². The van der Waals surface area contributed by atoms with E-state index < -0.39 is 0 Å². The summed E-state index contributed by atoms with van der Waals surface area (Å²) < 4.78 is 1.95. The van der Waals surface area contributed by atoms with Gasteiger partial charge in [0.15, 0.2) is 0 Å². The molecule has 0 aromatic carbocycles. The highest BCUT2D eigenvalue weighted by Crippen LogP contribution is 2.08. The van der Waals surface area contributed by atoms with Gasteiger partial charge in [-0.2, -0.15) is 0 Å². The van der Waals surface area contributed by atoms with Crippen molar-refractivity contribution in [3.8, 4) is 0 Å². The van der Waals surface area contributed by atoms with E-state index in [-0.39, 0.29) is 0 Å². The third-order valence-electron chi connectivity index (χ3n) is 1.55. The van der Waals surface area contributed by atoms with Crippen LogP contribution in [0.2, 0.25) is 5.28 Å². The number of rotatable bonds is 3. The van der Waals surface area contributed by atoms with Gasteiger partial charge in [0.2, 0.25) is 5.28 Å². The minimum Gasteiger partial charge on any atom is -0.302 e. The molecule has 0 aliphatic heterocycles. The molecule has 1 aromatic rings. The maximum Gasteiger partial charge on any atom is 0.225 e. The molecule has 0 saturated carbocycles. The van der Waals surface area contributed by atoms with Gasteiger partial charge in [0.05, 0.1) is 0 Å². The highest BCUT2D eigenvalue weighted by molar-refractivity contribution is 6.28. The van der Waals surface area contributed by atoms with Gasteiger partial charge in [-0.05, 0) is 18.0 Å². The highest BCUT2D eigenvalue weighted by atomic mass is 35.5. The molecular weight excluding hydrogens is 162 g/mol. The molecule has 0 saturated heterocycles. The van der Waals surface area contributed by atoms with E-state index in [4.69, 9.17) is 11.6 Å². The van der Waals surface area contributed by atoms with Gasteiger partial charge in [-0.1, -0.05) is 13.8 Å². The zero-order valence-electron chi connectivity index (χ0n) is 6.84. The van der Waals surface area contributed by atoms with E-state index in [9.17, 15) is 0 Å². The summed E-state index contributed by atoms with van der Waals surface area (Å²) in [5.41, 5.74) is 0. The fraction of sp³-hybridized carbons (Fsp3) is 0.714. The second-order valence-corrected chi connectivity index (χ2v) is 2.73. The molecule has 0 radical (unpaired) electrons. The number of aromatic nitrogens is 3. The molecule has 0 atom stereocenters. The normalized spacial score (nSPS) is 10.5. The molecule has 0 aliphatic carbocycles. The summed E-state index contributed by atoms with van der Waals surface area (Å²) in [5, 5.41) is 8.22. The molecule has 0 spiro atoms. The largest absolute Gasteiger partial charge is 0.302 e. The average molecular weight is 174 g/mol. The van der Waals surface area contributed by atoms with Gasteiger partial charge in [-0.3, -0.25) is 0 Å². The van der Waals surface area contributed by atoms with Crippen LogP contribution in [0.4, 0.5) is 0 Å². The van der Waals surface area contributed by atoms with Gasteiger partial charge < -0.3 is 4.57 Å². The van der Waals surface area contributed by atoms with Gasteiger partial charge >= 0.3 is 0 Å². The second kappa shape index (κ2) is 3.72. The van der Waals surface area contributed by atoms with Crippen LogP contribution in [-0.4, -0.2) is 14.8 Å². The predicted molar refractivity (Wildman–Crippen MR) is 44.7 cm³/mol. The van der Waals surface area contributed by atoms with Crippen molar-refractivity contribution in [3.63, 3.8) is 0 Å². The minimum atomic E-state index is 0.503. The van der Waals surface area contributed by atoms with Crippen molar-refractivity contribution in [3.05, 3.63) is 11.1 Å². The van der Waals surface area contributed by atoms with Crippen LogP contribution in [0.1, 0.15) is 26.1 Å². The molecule has 0 unspecified atom stereocenters. The Balaban J connectivity index is 2.88. The van der Waals surface area contributed by atoms with Crippen molar-refractivity contribution in [2.45, 2.75) is 33.2 Å². The van der Waals surface area contributed by atoms with E-state index >= 15 is 0 Å². The fourth-order valence-corrected chi connectivity index (χ4v) is 1.24. The molecule has 0 fully saturated rings. The van der Waals surface area contributed by atoms with E-state index in [1.165, 1.54) is 0 Å². The van der Waals surface area contributed by atoms with E-state index in [0.29, 0.717) is 5.28 Å². The topological polar surface area (TPSA) is 30.7 Å². The number of hydrogen-bond acceptors (Lipinski definition) is 2. The second-order valence-electron chi connectivity index (χ2n) is 2.39. The monoisotopic (exact) mass is 173 g/mol. The first-order valence-corrected chi connectivity index (χ1v) is 4.25. The third-order valence-corrected chi connectivity index (χ3v) is 1.83. The van der Waals surface area contributed by atoms with Crippen molar-refractivity contribution in [1.82, 2.24) is 14.8 Å². The van der Waals surface area contributed by atoms with Crippen LogP contribution >= 0.6 is 11.6 Å². The summed E-state index contributed by atoms with van der Waals surface area (Å²) in [5.74, 6) is 0.969. The van der Waals surface area contributed by atoms with E-state index in [0.717, 1.165) is 25.2 Å². The summed E-state index contributed by atoms with van der Waals surface area (Å²) in [7, 11) is 0. The standard InChI is InChI=1S/C7H12ClN3/c1-3-5-11-6(4-2)9-10-7(11)8/h3-5H2,1-2H3. The first-order valence-electron chi connectivity index (χ1n) is 3.87. The zero-order chi connectivity index (χ0) is 8.27. The van der Waals surface area contributed by atoms with E-state index in [2.05, 4.69) is 17.1 Å². The maximum absolute atomic E-state index is 5.79. The highest BCUT2D eigenvalue weighted by Gasteiger charge is 2.05. The van der Waals surface area contributed by atoms with Crippen LogP contribution in [0.5, 0.6) is 0 Å². The Kier molecular flexibility index (Phi) is 2.88. The van der Waals surface area contributed by atoms with E-state index in [1.54, 1.807) is 0 Å². The van der Waals surface area contributed by atoms with Crippen LogP contribution in [0.15, 0.2) is 0 Å². The first-order chi connectivity index (χ1) is 5.29. The third kappa shape index (κ3) is 1.71. The lowest BCUT2D eigenvalue weighted by Gasteiger charge is -2.02. The zero-order valence-corrected chi connectivity index (χ0v) is 7.60. The van der Waals surface area contributed by atoms with Gasteiger partial charge in [0.25, 0.3) is 0 Å². The Labute approximate surface area is 71.4 Å². The fourth-order valence-electron chi connectivity index (χ4n) is 1.02. The molecule has 11 heavy (non-hydrogen) atoms. The molecule has 0 aliphatic rings. The molecule has 0 N–H and O–H groups in total. The smallest absolute Gasteiger partial charge is 0.225 e. The SMILES string of the molecule is CCCn1c(Cl)nnc1CC. The Bertz CT molecular complexity index is 232. The average Bonchev–Trinajstić information content (AvgIpc) is 2.34. The number of aryl methyl sites for hydroxylation is 1. The Morgan fingerprint density at radius 2 is 2.09 bits per heavy atom. The van der Waals surface area contributed by atoms with Gasteiger partial charge in [0.1, 0.15) is 5.82 Å². The lowest BCUT2D eigenvalue weighted by Crippen LogP contribution is -2.02. The Morgan fingerprint density at radius 3 is 2.64 bits per heavy atom. The van der Waals surface area contributed by atoms with Crippen LogP contribution in [0.25, 0.3) is 0 Å². The summed E-state index contributed by atoms with van der Waals surface area (Å²) >= 11 is 5.79. The molecule has 1 aromatic heterocycles. The predicted octanol–water partition coefficient (Wildman–Crippen LogP) is 1.90.